The molecular formula is C45H51ClN8O7. The first-order chi connectivity index (χ1) is 29.6. The van der Waals surface area contributed by atoms with Crippen LogP contribution in [0.3, 0.4) is 0 Å². The fourth-order valence-electron chi connectivity index (χ4n) is 9.54. The molecule has 9 rings (SSSR count). The van der Waals surface area contributed by atoms with Crippen LogP contribution in [0.4, 0.5) is 5.82 Å². The highest BCUT2D eigenvalue weighted by molar-refractivity contribution is 6.31. The number of ether oxygens (including phenoxy) is 3. The van der Waals surface area contributed by atoms with Crippen LogP contribution in [0.2, 0.25) is 5.02 Å². The Morgan fingerprint density at radius 2 is 1.66 bits per heavy atom. The minimum absolute atomic E-state index is 0.0210. The largest absolute Gasteiger partial charge is 0.490 e. The number of nitrogens with one attached hydrogen (secondary N) is 2. The van der Waals surface area contributed by atoms with E-state index in [-0.39, 0.29) is 42.4 Å². The van der Waals surface area contributed by atoms with Gasteiger partial charge in [0.05, 0.1) is 42.3 Å². The highest BCUT2D eigenvalue weighted by Crippen LogP contribution is 2.36. The van der Waals surface area contributed by atoms with Gasteiger partial charge in [0.1, 0.15) is 41.2 Å². The lowest BCUT2D eigenvalue weighted by Gasteiger charge is -2.46. The molecule has 0 radical (unpaired) electrons. The van der Waals surface area contributed by atoms with E-state index >= 15 is 0 Å². The zero-order chi connectivity index (χ0) is 42.0. The molecule has 2 saturated carbocycles. The maximum Gasteiger partial charge on any atom is 0.271 e. The molecule has 6 aliphatic rings. The van der Waals surface area contributed by atoms with E-state index in [9.17, 15) is 19.2 Å². The first-order valence-electron chi connectivity index (χ1n) is 21.7. The lowest BCUT2D eigenvalue weighted by molar-refractivity contribution is -0.136. The third kappa shape index (κ3) is 9.32. The molecule has 0 bridgehead atoms. The lowest BCUT2D eigenvalue weighted by Crippen LogP contribution is -2.54. The summed E-state index contributed by atoms with van der Waals surface area (Å²) in [5.41, 5.74) is 2.16. The molecule has 1 unspecified atom stereocenters. The average molecular weight is 851 g/mol. The number of anilines is 1. The molecule has 5 heterocycles. The SMILES string of the molecule is N#Cc1ccc(OC2CCC(NC(=O)c3cnc(N4CCC(CN(CC5COC5)C5CC(Oc6ccc7c(c6)C(=O)N(C6CCC(=O)NC6=O)C7)C5)CC4)cn3)CC2)cc1Cl. The van der Waals surface area contributed by atoms with Gasteiger partial charge >= 0.3 is 0 Å². The Bertz CT molecular complexity index is 2180. The van der Waals surface area contributed by atoms with Crippen molar-refractivity contribution >= 4 is 41.0 Å². The van der Waals surface area contributed by atoms with Crippen LogP contribution >= 0.6 is 11.6 Å². The van der Waals surface area contributed by atoms with Crippen LogP contribution in [0.5, 0.6) is 11.5 Å². The van der Waals surface area contributed by atoms with Crippen LogP contribution in [0.25, 0.3) is 0 Å². The number of benzene rings is 2. The van der Waals surface area contributed by atoms with Crippen molar-refractivity contribution in [2.45, 2.75) is 101 Å². The number of halogens is 1. The number of nitriles is 1. The highest BCUT2D eigenvalue weighted by Gasteiger charge is 2.41. The molecule has 15 nitrogen and oxygen atoms in total. The first kappa shape index (κ1) is 41.1. The Labute approximate surface area is 360 Å². The van der Waals surface area contributed by atoms with Crippen molar-refractivity contribution in [3.63, 3.8) is 0 Å². The number of amides is 4. The van der Waals surface area contributed by atoms with E-state index in [1.807, 2.05) is 18.2 Å². The molecule has 1 atom stereocenters. The van der Waals surface area contributed by atoms with Crippen molar-refractivity contribution in [2.75, 3.05) is 44.3 Å². The summed E-state index contributed by atoms with van der Waals surface area (Å²) in [6.45, 7) is 5.75. The van der Waals surface area contributed by atoms with Crippen molar-refractivity contribution in [3.05, 3.63) is 76.2 Å². The van der Waals surface area contributed by atoms with Gasteiger partial charge in [0, 0.05) is 81.6 Å². The number of hydrogen-bond donors (Lipinski definition) is 2. The normalized spacial score (nSPS) is 25.6. The molecule has 320 valence electrons. The van der Waals surface area contributed by atoms with Crippen LogP contribution in [0.1, 0.15) is 96.2 Å². The van der Waals surface area contributed by atoms with Gasteiger partial charge < -0.3 is 29.3 Å². The standard InChI is InChI=1S/C45H51ClN8O7/c46-38-18-35(5-1-29(38)19-47)60-33-7-3-31(4-8-33)50-43(56)39-20-49-41(21-48-39)52-13-11-27(12-14-52)22-53(23-28-25-59-26-28)32-15-36(16-32)61-34-6-2-30-24-54(45(58)37(30)17-34)40-9-10-42(55)51-44(40)57/h1-2,5-6,17-18,20-21,27-28,31-33,36,40H,3-4,7-16,22-26H2,(H,50,56)(H,51,55,57). The van der Waals surface area contributed by atoms with E-state index in [1.165, 1.54) is 0 Å². The van der Waals surface area contributed by atoms with Crippen molar-refractivity contribution < 1.29 is 33.4 Å². The van der Waals surface area contributed by atoms with Crippen LogP contribution in [0, 0.1) is 23.2 Å². The second-order valence-corrected chi connectivity index (χ2v) is 17.9. The van der Waals surface area contributed by atoms with E-state index in [1.54, 1.807) is 35.5 Å². The third-order valence-corrected chi connectivity index (χ3v) is 13.6. The average Bonchev–Trinajstić information content (AvgIpc) is 3.55. The quantitative estimate of drug-likeness (QED) is 0.228. The number of nitrogens with zero attached hydrogens (tertiary/aromatic N) is 6. The number of piperidine rings is 2. The highest BCUT2D eigenvalue weighted by atomic mass is 35.5. The molecule has 16 heteroatoms. The van der Waals surface area contributed by atoms with Gasteiger partial charge in [-0.15, -0.1) is 0 Å². The molecule has 4 amide bonds. The number of rotatable bonds is 13. The fraction of sp³-hybridized carbons (Fsp3) is 0.533. The number of imide groups is 1. The van der Waals surface area contributed by atoms with E-state index in [2.05, 4.69) is 36.5 Å². The maximum atomic E-state index is 13.3. The number of fused-ring (bicyclic) bond motifs is 1. The van der Waals surface area contributed by atoms with Crippen LogP contribution < -0.4 is 25.0 Å². The summed E-state index contributed by atoms with van der Waals surface area (Å²) in [5, 5.41) is 15.0. The summed E-state index contributed by atoms with van der Waals surface area (Å²) in [5.74, 6) is 2.07. The number of carbonyl (C=O) groups is 4. The second-order valence-electron chi connectivity index (χ2n) is 17.5. The Kier molecular flexibility index (Phi) is 12.1. The second kappa shape index (κ2) is 18.0. The van der Waals surface area contributed by atoms with Gasteiger partial charge in [-0.1, -0.05) is 17.7 Å². The maximum absolute atomic E-state index is 13.3. The molecule has 2 aromatic carbocycles. The number of hydrogen-bond acceptors (Lipinski definition) is 12. The molecule has 4 aliphatic heterocycles. The Morgan fingerprint density at radius 1 is 0.918 bits per heavy atom. The Hall–Kier alpha value is -5.30. The van der Waals surface area contributed by atoms with Gasteiger partial charge in [-0.05, 0) is 80.7 Å². The van der Waals surface area contributed by atoms with Gasteiger partial charge in [-0.2, -0.15) is 5.26 Å². The van der Waals surface area contributed by atoms with E-state index in [4.69, 9.17) is 31.1 Å². The molecule has 5 fully saturated rings. The summed E-state index contributed by atoms with van der Waals surface area (Å²) >= 11 is 6.16. The fourth-order valence-corrected chi connectivity index (χ4v) is 9.75. The Morgan fingerprint density at radius 3 is 2.34 bits per heavy atom. The lowest BCUT2D eigenvalue weighted by atomic mass is 9.85. The molecule has 3 aromatic rings. The molecule has 2 aliphatic carbocycles. The molecule has 61 heavy (non-hydrogen) atoms. The Balaban J connectivity index is 0.714. The predicted octanol–water partition coefficient (Wildman–Crippen LogP) is 4.66. The molecule has 1 aromatic heterocycles. The molecule has 3 saturated heterocycles. The third-order valence-electron chi connectivity index (χ3n) is 13.3. The topological polar surface area (TPSA) is 179 Å². The van der Waals surface area contributed by atoms with Gasteiger partial charge in [0.25, 0.3) is 11.8 Å². The van der Waals surface area contributed by atoms with E-state index in [0.29, 0.717) is 64.2 Å². The van der Waals surface area contributed by atoms with Crippen molar-refractivity contribution in [1.82, 2.24) is 30.4 Å². The summed E-state index contributed by atoms with van der Waals surface area (Å²) in [4.78, 5) is 66.2. The van der Waals surface area contributed by atoms with Gasteiger partial charge in [-0.3, -0.25) is 29.4 Å². The van der Waals surface area contributed by atoms with E-state index in [0.717, 1.165) is 102 Å². The summed E-state index contributed by atoms with van der Waals surface area (Å²) in [6, 6.07) is 12.6. The molecule has 0 spiro atoms. The predicted molar refractivity (Wildman–Crippen MR) is 223 cm³/mol. The minimum Gasteiger partial charge on any atom is -0.490 e. The van der Waals surface area contributed by atoms with Crippen molar-refractivity contribution in [1.29, 1.82) is 5.26 Å². The van der Waals surface area contributed by atoms with Crippen LogP contribution in [0.15, 0.2) is 48.8 Å². The van der Waals surface area contributed by atoms with Crippen molar-refractivity contribution in [3.8, 4) is 17.6 Å². The van der Waals surface area contributed by atoms with Gasteiger partial charge in [0.2, 0.25) is 11.8 Å². The van der Waals surface area contributed by atoms with E-state index < -0.39 is 11.9 Å². The number of carbonyl (C=O) groups excluding carboxylic acids is 4. The zero-order valence-electron chi connectivity index (χ0n) is 34.1. The first-order valence-corrected chi connectivity index (χ1v) is 22.0. The summed E-state index contributed by atoms with van der Waals surface area (Å²) in [6.07, 6.45) is 11.0. The van der Waals surface area contributed by atoms with Crippen LogP contribution in [-0.2, 0) is 20.9 Å². The molecular weight excluding hydrogens is 800 g/mol. The summed E-state index contributed by atoms with van der Waals surface area (Å²) < 4.78 is 18.0. The smallest absolute Gasteiger partial charge is 0.271 e. The van der Waals surface area contributed by atoms with Crippen LogP contribution in [-0.4, -0.2) is 113 Å². The number of aromatic nitrogens is 2. The monoisotopic (exact) mass is 850 g/mol. The van der Waals surface area contributed by atoms with Gasteiger partial charge in [0.15, 0.2) is 0 Å². The molecule has 2 N–H and O–H groups in total. The minimum atomic E-state index is -0.636. The summed E-state index contributed by atoms with van der Waals surface area (Å²) in [7, 11) is 0. The van der Waals surface area contributed by atoms with Crippen molar-refractivity contribution in [2.24, 2.45) is 11.8 Å². The zero-order valence-corrected chi connectivity index (χ0v) is 34.9. The van der Waals surface area contributed by atoms with Gasteiger partial charge in [-0.25, -0.2) is 9.97 Å².